The Bertz CT molecular complexity index is 719. The number of unbranched alkanes of at least 4 members (excludes halogenated alkanes) is 14. The zero-order valence-corrected chi connectivity index (χ0v) is 25.7. The number of nitrogens with one attached hydrogen (secondary N) is 1. The Morgan fingerprint density at radius 1 is 0.676 bits per heavy atom. The number of aromatic hydroxyl groups is 1. The maximum atomic E-state index is 12.3. The Morgan fingerprint density at radius 3 is 1.43 bits per heavy atom. The summed E-state index contributed by atoms with van der Waals surface area (Å²) in [6.07, 6.45) is 21.6. The van der Waals surface area contributed by atoms with Crippen molar-refractivity contribution in [2.45, 2.75) is 168 Å². The first-order valence-corrected chi connectivity index (χ1v) is 15.6. The van der Waals surface area contributed by atoms with Crippen molar-refractivity contribution in [2.75, 3.05) is 6.54 Å². The van der Waals surface area contributed by atoms with Gasteiger partial charge in [-0.15, -0.1) is 0 Å². The minimum atomic E-state index is -0.128. The molecule has 2 N–H and O–H groups in total. The molecule has 0 aromatic heterocycles. The fourth-order valence-electron chi connectivity index (χ4n) is 5.07. The van der Waals surface area contributed by atoms with E-state index in [9.17, 15) is 9.90 Å². The highest BCUT2D eigenvalue weighted by molar-refractivity contribution is 5.75. The van der Waals surface area contributed by atoms with E-state index in [1.54, 1.807) is 0 Å². The van der Waals surface area contributed by atoms with Gasteiger partial charge in [-0.25, -0.2) is 0 Å². The van der Waals surface area contributed by atoms with Crippen LogP contribution in [0, 0.1) is 0 Å². The summed E-state index contributed by atoms with van der Waals surface area (Å²) >= 11 is 0. The highest BCUT2D eigenvalue weighted by Gasteiger charge is 2.26. The molecular weight excluding hydrogens is 454 g/mol. The number of carbonyl (C=O) groups is 1. The molecule has 0 spiro atoms. The summed E-state index contributed by atoms with van der Waals surface area (Å²) in [5.41, 5.74) is 2.89. The first kappa shape index (κ1) is 33.5. The summed E-state index contributed by atoms with van der Waals surface area (Å²) in [5, 5.41) is 14.0. The van der Waals surface area contributed by atoms with E-state index >= 15 is 0 Å². The number of phenols is 1. The number of rotatable bonds is 19. The van der Waals surface area contributed by atoms with Crippen LogP contribution in [0.3, 0.4) is 0 Å². The molecule has 214 valence electrons. The molecular formula is C34H61NO2. The molecule has 0 radical (unpaired) electrons. The number of phenolic OH excluding ortho intramolecular Hbond substituents is 1. The molecule has 1 amide bonds. The highest BCUT2D eigenvalue weighted by Crippen LogP contribution is 2.39. The number of amides is 1. The van der Waals surface area contributed by atoms with Crippen molar-refractivity contribution in [3.8, 4) is 5.75 Å². The van der Waals surface area contributed by atoms with E-state index < -0.39 is 0 Å². The second kappa shape index (κ2) is 17.9. The predicted octanol–water partition coefficient (Wildman–Crippen LogP) is 9.91. The van der Waals surface area contributed by atoms with E-state index in [-0.39, 0.29) is 16.7 Å². The summed E-state index contributed by atoms with van der Waals surface area (Å²) in [7, 11) is 0. The van der Waals surface area contributed by atoms with Crippen LogP contribution in [0.1, 0.15) is 168 Å². The van der Waals surface area contributed by atoms with Gasteiger partial charge in [0, 0.05) is 13.0 Å². The zero-order valence-electron chi connectivity index (χ0n) is 25.7. The standard InChI is InChI=1S/C34H61NO2/c1-8-9-10-11-12-13-14-15-16-17-18-19-20-21-22-23-31(36)35-25-24-28-26-29(33(2,3)4)32(37)30(27-28)34(5,6)7/h26-27,37H,8-25H2,1-7H3,(H,35,36). The quantitative estimate of drug-likeness (QED) is 0.180. The Morgan fingerprint density at radius 2 is 1.05 bits per heavy atom. The normalized spacial score (nSPS) is 12.2. The lowest BCUT2D eigenvalue weighted by molar-refractivity contribution is -0.121. The maximum absolute atomic E-state index is 12.3. The van der Waals surface area contributed by atoms with Crippen molar-refractivity contribution in [2.24, 2.45) is 0 Å². The van der Waals surface area contributed by atoms with Crippen LogP contribution in [0.25, 0.3) is 0 Å². The van der Waals surface area contributed by atoms with Gasteiger partial charge in [-0.1, -0.05) is 150 Å². The number of benzene rings is 1. The molecule has 0 atom stereocenters. The van der Waals surface area contributed by atoms with Crippen LogP contribution in [0.4, 0.5) is 0 Å². The van der Waals surface area contributed by atoms with Gasteiger partial charge in [0.05, 0.1) is 0 Å². The van der Waals surface area contributed by atoms with Crippen LogP contribution in [0.5, 0.6) is 5.75 Å². The smallest absolute Gasteiger partial charge is 0.220 e. The van der Waals surface area contributed by atoms with Gasteiger partial charge in [0.25, 0.3) is 0 Å². The van der Waals surface area contributed by atoms with E-state index in [0.717, 1.165) is 30.4 Å². The minimum Gasteiger partial charge on any atom is -0.507 e. The lowest BCUT2D eigenvalue weighted by Gasteiger charge is -2.28. The fourth-order valence-corrected chi connectivity index (χ4v) is 5.07. The molecule has 1 aromatic carbocycles. The number of carbonyl (C=O) groups excluding carboxylic acids is 1. The van der Waals surface area contributed by atoms with E-state index in [1.807, 2.05) is 0 Å². The molecule has 0 aliphatic heterocycles. The largest absolute Gasteiger partial charge is 0.507 e. The van der Waals surface area contributed by atoms with Gasteiger partial charge in [0.1, 0.15) is 5.75 Å². The second-order valence-electron chi connectivity index (χ2n) is 13.3. The van der Waals surface area contributed by atoms with Crippen molar-refractivity contribution in [3.63, 3.8) is 0 Å². The van der Waals surface area contributed by atoms with Crippen molar-refractivity contribution < 1.29 is 9.90 Å². The Hall–Kier alpha value is -1.51. The third-order valence-electron chi connectivity index (χ3n) is 7.53. The summed E-state index contributed by atoms with van der Waals surface area (Å²) in [5.74, 6) is 0.585. The summed E-state index contributed by atoms with van der Waals surface area (Å²) in [6.45, 7) is 15.7. The molecule has 0 aliphatic carbocycles. The third-order valence-corrected chi connectivity index (χ3v) is 7.53. The van der Waals surface area contributed by atoms with Crippen LogP contribution in [-0.2, 0) is 22.0 Å². The van der Waals surface area contributed by atoms with Gasteiger partial charge < -0.3 is 10.4 Å². The molecule has 0 bridgehead atoms. The van der Waals surface area contributed by atoms with Crippen LogP contribution in [0.2, 0.25) is 0 Å². The summed E-state index contributed by atoms with van der Waals surface area (Å²) in [6, 6.07) is 4.23. The fraction of sp³-hybridized carbons (Fsp3) is 0.794. The molecule has 3 heteroatoms. The Kier molecular flexibility index (Phi) is 16.2. The number of hydrogen-bond donors (Lipinski definition) is 2. The van der Waals surface area contributed by atoms with Crippen molar-refractivity contribution in [1.82, 2.24) is 5.32 Å². The second-order valence-corrected chi connectivity index (χ2v) is 13.3. The van der Waals surface area contributed by atoms with Crippen LogP contribution < -0.4 is 5.32 Å². The van der Waals surface area contributed by atoms with E-state index in [0.29, 0.717) is 18.7 Å². The van der Waals surface area contributed by atoms with Crippen molar-refractivity contribution >= 4 is 5.91 Å². The molecule has 0 aliphatic rings. The first-order valence-electron chi connectivity index (χ1n) is 15.6. The zero-order chi connectivity index (χ0) is 27.7. The molecule has 0 unspecified atom stereocenters. The van der Waals surface area contributed by atoms with Crippen molar-refractivity contribution in [3.05, 3.63) is 28.8 Å². The average Bonchev–Trinajstić information content (AvgIpc) is 2.81. The van der Waals surface area contributed by atoms with Crippen LogP contribution >= 0.6 is 0 Å². The van der Waals surface area contributed by atoms with Crippen molar-refractivity contribution in [1.29, 1.82) is 0 Å². The molecule has 1 aromatic rings. The maximum Gasteiger partial charge on any atom is 0.220 e. The summed E-state index contributed by atoms with van der Waals surface area (Å²) < 4.78 is 0. The van der Waals surface area contributed by atoms with E-state index in [2.05, 4.69) is 65.9 Å². The van der Waals surface area contributed by atoms with Crippen LogP contribution in [-0.4, -0.2) is 17.6 Å². The highest BCUT2D eigenvalue weighted by atomic mass is 16.3. The monoisotopic (exact) mass is 515 g/mol. The average molecular weight is 516 g/mol. The van der Waals surface area contributed by atoms with Crippen LogP contribution in [0.15, 0.2) is 12.1 Å². The Balaban J connectivity index is 2.16. The topological polar surface area (TPSA) is 49.3 Å². The minimum absolute atomic E-state index is 0.128. The number of hydrogen-bond acceptors (Lipinski definition) is 2. The molecule has 0 heterocycles. The lowest BCUT2D eigenvalue weighted by Crippen LogP contribution is -2.25. The Labute approximate surface area is 230 Å². The molecule has 0 fully saturated rings. The van der Waals surface area contributed by atoms with E-state index in [4.69, 9.17) is 0 Å². The molecule has 1 rings (SSSR count). The molecule has 0 saturated carbocycles. The first-order chi connectivity index (χ1) is 17.5. The van der Waals surface area contributed by atoms with Gasteiger partial charge in [0.2, 0.25) is 5.91 Å². The molecule has 37 heavy (non-hydrogen) atoms. The third kappa shape index (κ3) is 14.9. The van der Waals surface area contributed by atoms with E-state index in [1.165, 1.54) is 89.0 Å². The van der Waals surface area contributed by atoms with Gasteiger partial charge in [-0.2, -0.15) is 0 Å². The van der Waals surface area contributed by atoms with Gasteiger partial charge >= 0.3 is 0 Å². The summed E-state index contributed by atoms with van der Waals surface area (Å²) in [4.78, 5) is 12.3. The van der Waals surface area contributed by atoms with Gasteiger partial charge in [-0.3, -0.25) is 4.79 Å². The van der Waals surface area contributed by atoms with Gasteiger partial charge in [0.15, 0.2) is 0 Å². The van der Waals surface area contributed by atoms with Gasteiger partial charge in [-0.05, 0) is 40.4 Å². The molecule has 3 nitrogen and oxygen atoms in total. The predicted molar refractivity (Wildman–Crippen MR) is 162 cm³/mol. The molecule has 0 saturated heterocycles. The lowest BCUT2D eigenvalue weighted by atomic mass is 9.78. The SMILES string of the molecule is CCCCCCCCCCCCCCCCCC(=O)NCCc1cc(C(C)(C)C)c(O)c(C(C)(C)C)c1.